The van der Waals surface area contributed by atoms with Gasteiger partial charge in [-0.1, -0.05) is 12.1 Å². The number of aromatic nitrogens is 4. The number of para-hydroxylation sites is 2. The van der Waals surface area contributed by atoms with E-state index in [1.54, 1.807) is 19.5 Å². The molecule has 7 nitrogen and oxygen atoms in total. The number of hydrogen-bond donors (Lipinski definition) is 1. The van der Waals surface area contributed by atoms with Gasteiger partial charge in [-0.2, -0.15) is 0 Å². The number of rotatable bonds is 6. The van der Waals surface area contributed by atoms with E-state index in [1.807, 2.05) is 36.7 Å². The number of methoxy groups -OCH3 is 1. The van der Waals surface area contributed by atoms with Crippen molar-refractivity contribution in [1.82, 2.24) is 24.8 Å². The Morgan fingerprint density at radius 2 is 2.12 bits per heavy atom. The predicted octanol–water partition coefficient (Wildman–Crippen LogP) is 3.34. The van der Waals surface area contributed by atoms with Crippen molar-refractivity contribution < 1.29 is 9.47 Å². The standard InChI is InChI=1S/C19H21N5O2/c1-25-16-6-2-3-7-17(16)26-19-12-20-11-14(23-19)15-5-4-10-24(15)13-18-21-8-9-22-18/h2-3,6-9,11-12,15H,4-5,10,13H2,1H3,(H,21,22). The van der Waals surface area contributed by atoms with Gasteiger partial charge >= 0.3 is 0 Å². The number of benzene rings is 1. The molecule has 0 amide bonds. The second kappa shape index (κ2) is 7.53. The molecule has 0 bridgehead atoms. The van der Waals surface area contributed by atoms with Gasteiger partial charge in [-0.3, -0.25) is 9.88 Å². The molecule has 4 rings (SSSR count). The van der Waals surface area contributed by atoms with Crippen LogP contribution < -0.4 is 9.47 Å². The van der Waals surface area contributed by atoms with Gasteiger partial charge in [-0.25, -0.2) is 9.97 Å². The van der Waals surface area contributed by atoms with E-state index in [1.165, 1.54) is 0 Å². The molecule has 1 saturated heterocycles. The van der Waals surface area contributed by atoms with Crippen LogP contribution >= 0.6 is 0 Å². The Bertz CT molecular complexity index is 853. The summed E-state index contributed by atoms with van der Waals surface area (Å²) in [5, 5.41) is 0. The minimum Gasteiger partial charge on any atom is -0.493 e. The molecule has 26 heavy (non-hydrogen) atoms. The first-order valence-corrected chi connectivity index (χ1v) is 8.68. The first-order valence-electron chi connectivity index (χ1n) is 8.68. The first-order chi connectivity index (χ1) is 12.8. The molecule has 1 atom stereocenters. The maximum atomic E-state index is 5.91. The third-order valence-corrected chi connectivity index (χ3v) is 4.53. The van der Waals surface area contributed by atoms with Crippen molar-refractivity contribution in [2.75, 3.05) is 13.7 Å². The Morgan fingerprint density at radius 3 is 2.92 bits per heavy atom. The lowest BCUT2D eigenvalue weighted by molar-refractivity contribution is 0.237. The van der Waals surface area contributed by atoms with Crippen LogP contribution in [0.2, 0.25) is 0 Å². The molecule has 0 aliphatic carbocycles. The molecule has 3 aromatic rings. The molecule has 0 radical (unpaired) electrons. The SMILES string of the molecule is COc1ccccc1Oc1cncc(C2CCCN2Cc2ncc[nH]2)n1. The molecule has 1 fully saturated rings. The Balaban J connectivity index is 1.53. The second-order valence-corrected chi connectivity index (χ2v) is 6.20. The third-order valence-electron chi connectivity index (χ3n) is 4.53. The summed E-state index contributed by atoms with van der Waals surface area (Å²) in [5.74, 6) is 2.73. The lowest BCUT2D eigenvalue weighted by atomic mass is 10.1. The molecule has 7 heteroatoms. The molecule has 3 heterocycles. The summed E-state index contributed by atoms with van der Waals surface area (Å²) in [4.78, 5) is 18.9. The smallest absolute Gasteiger partial charge is 0.238 e. The van der Waals surface area contributed by atoms with Crippen LogP contribution in [0.5, 0.6) is 17.4 Å². The minimum atomic E-state index is 0.216. The van der Waals surface area contributed by atoms with E-state index in [2.05, 4.69) is 19.9 Å². The molecular formula is C19H21N5O2. The van der Waals surface area contributed by atoms with E-state index in [-0.39, 0.29) is 6.04 Å². The normalized spacial score (nSPS) is 17.3. The summed E-state index contributed by atoms with van der Waals surface area (Å²) in [6.45, 7) is 1.79. The summed E-state index contributed by atoms with van der Waals surface area (Å²) in [6.07, 6.45) is 9.25. The largest absolute Gasteiger partial charge is 0.493 e. The lowest BCUT2D eigenvalue weighted by Crippen LogP contribution is -2.24. The second-order valence-electron chi connectivity index (χ2n) is 6.20. The number of imidazole rings is 1. The number of hydrogen-bond acceptors (Lipinski definition) is 6. The minimum absolute atomic E-state index is 0.216. The van der Waals surface area contributed by atoms with Gasteiger partial charge in [0.1, 0.15) is 5.82 Å². The highest BCUT2D eigenvalue weighted by Crippen LogP contribution is 2.34. The summed E-state index contributed by atoms with van der Waals surface area (Å²) in [5.41, 5.74) is 0.918. The van der Waals surface area contributed by atoms with Crippen molar-refractivity contribution >= 4 is 0 Å². The molecular weight excluding hydrogens is 330 g/mol. The molecule has 1 aliphatic rings. The monoisotopic (exact) mass is 351 g/mol. The highest BCUT2D eigenvalue weighted by Gasteiger charge is 2.28. The van der Waals surface area contributed by atoms with Gasteiger partial charge in [0.25, 0.3) is 0 Å². The number of nitrogens with one attached hydrogen (secondary N) is 1. The maximum Gasteiger partial charge on any atom is 0.238 e. The van der Waals surface area contributed by atoms with Gasteiger partial charge in [0.15, 0.2) is 11.5 Å². The molecule has 1 N–H and O–H groups in total. The van der Waals surface area contributed by atoms with E-state index in [4.69, 9.17) is 14.5 Å². The van der Waals surface area contributed by atoms with Crippen LogP contribution in [0.1, 0.15) is 30.4 Å². The van der Waals surface area contributed by atoms with Crippen molar-refractivity contribution in [3.05, 3.63) is 60.6 Å². The van der Waals surface area contributed by atoms with Gasteiger partial charge in [0, 0.05) is 12.4 Å². The van der Waals surface area contributed by atoms with Gasteiger partial charge < -0.3 is 14.5 Å². The van der Waals surface area contributed by atoms with Gasteiger partial charge in [-0.15, -0.1) is 0 Å². The van der Waals surface area contributed by atoms with Crippen LogP contribution in [0.3, 0.4) is 0 Å². The Hall–Kier alpha value is -2.93. The van der Waals surface area contributed by atoms with Gasteiger partial charge in [0.05, 0.1) is 37.8 Å². The van der Waals surface area contributed by atoms with E-state index in [9.17, 15) is 0 Å². The van der Waals surface area contributed by atoms with E-state index >= 15 is 0 Å². The Labute approximate surface area is 152 Å². The zero-order valence-electron chi connectivity index (χ0n) is 14.6. The quantitative estimate of drug-likeness (QED) is 0.734. The van der Waals surface area contributed by atoms with Crippen molar-refractivity contribution in [3.8, 4) is 17.4 Å². The zero-order valence-corrected chi connectivity index (χ0v) is 14.6. The third kappa shape index (κ3) is 3.52. The van der Waals surface area contributed by atoms with Crippen LogP contribution in [0.4, 0.5) is 0 Å². The zero-order chi connectivity index (χ0) is 17.8. The summed E-state index contributed by atoms with van der Waals surface area (Å²) in [6, 6.07) is 7.73. The number of nitrogens with zero attached hydrogens (tertiary/aromatic N) is 4. The van der Waals surface area contributed by atoms with Crippen LogP contribution in [-0.4, -0.2) is 38.5 Å². The van der Waals surface area contributed by atoms with E-state index in [0.717, 1.165) is 37.4 Å². The average molecular weight is 351 g/mol. The predicted molar refractivity (Wildman–Crippen MR) is 96.1 cm³/mol. The lowest BCUT2D eigenvalue weighted by Gasteiger charge is -2.23. The topological polar surface area (TPSA) is 76.2 Å². The van der Waals surface area contributed by atoms with Crippen LogP contribution in [0.25, 0.3) is 0 Å². The highest BCUT2D eigenvalue weighted by molar-refractivity contribution is 5.41. The van der Waals surface area contributed by atoms with Crippen molar-refractivity contribution in [3.63, 3.8) is 0 Å². The molecule has 134 valence electrons. The maximum absolute atomic E-state index is 5.91. The van der Waals surface area contributed by atoms with Crippen molar-refractivity contribution in [1.29, 1.82) is 0 Å². The summed E-state index contributed by atoms with van der Waals surface area (Å²) in [7, 11) is 1.62. The molecule has 0 saturated carbocycles. The molecule has 1 aromatic carbocycles. The number of likely N-dealkylation sites (tertiary alicyclic amines) is 1. The fourth-order valence-electron chi connectivity index (χ4n) is 3.32. The number of ether oxygens (including phenoxy) is 2. The molecule has 1 unspecified atom stereocenters. The van der Waals surface area contributed by atoms with Crippen molar-refractivity contribution in [2.24, 2.45) is 0 Å². The van der Waals surface area contributed by atoms with Crippen LogP contribution in [0, 0.1) is 0 Å². The Kier molecular flexibility index (Phi) is 4.79. The van der Waals surface area contributed by atoms with Crippen LogP contribution in [-0.2, 0) is 6.54 Å². The average Bonchev–Trinajstić information content (AvgIpc) is 3.35. The summed E-state index contributed by atoms with van der Waals surface area (Å²) < 4.78 is 11.2. The fourth-order valence-corrected chi connectivity index (χ4v) is 3.32. The van der Waals surface area contributed by atoms with E-state index in [0.29, 0.717) is 17.4 Å². The highest BCUT2D eigenvalue weighted by atomic mass is 16.5. The molecule has 0 spiro atoms. The molecule has 1 aliphatic heterocycles. The van der Waals surface area contributed by atoms with Gasteiger partial charge in [0.2, 0.25) is 5.88 Å². The number of aromatic amines is 1. The van der Waals surface area contributed by atoms with E-state index < -0.39 is 0 Å². The fraction of sp³-hybridized carbons (Fsp3) is 0.316. The van der Waals surface area contributed by atoms with Gasteiger partial charge in [-0.05, 0) is 31.5 Å². The van der Waals surface area contributed by atoms with Crippen LogP contribution in [0.15, 0.2) is 49.1 Å². The van der Waals surface area contributed by atoms with Crippen molar-refractivity contribution in [2.45, 2.75) is 25.4 Å². The summed E-state index contributed by atoms with van der Waals surface area (Å²) >= 11 is 0. The number of H-pyrrole nitrogens is 1. The first kappa shape index (κ1) is 16.5. The molecule has 2 aromatic heterocycles. The Morgan fingerprint density at radius 1 is 1.23 bits per heavy atom.